The second kappa shape index (κ2) is 12.2. The van der Waals surface area contributed by atoms with Crippen molar-refractivity contribution in [1.82, 2.24) is 0 Å². The number of benzene rings is 3. The lowest BCUT2D eigenvalue weighted by atomic mass is 9.82. The number of para-hydroxylation sites is 2. The molecule has 5 N–H and O–H groups in total. The molecule has 2 amide bonds. The van der Waals surface area contributed by atoms with Crippen molar-refractivity contribution in [3.63, 3.8) is 0 Å². The number of rotatable bonds is 10. The van der Waals surface area contributed by atoms with Gasteiger partial charge >= 0.3 is 6.09 Å². The van der Waals surface area contributed by atoms with Crippen molar-refractivity contribution < 1.29 is 33.6 Å². The van der Waals surface area contributed by atoms with Gasteiger partial charge in [-0.25, -0.2) is 4.79 Å². The maximum Gasteiger partial charge on any atom is 0.412 e. The number of hydrogen-bond donors (Lipinski definition) is 4. The lowest BCUT2D eigenvalue weighted by Crippen LogP contribution is -2.28. The van der Waals surface area contributed by atoms with E-state index in [1.807, 2.05) is 13.8 Å². The van der Waals surface area contributed by atoms with Crippen LogP contribution in [0.4, 0.5) is 21.9 Å². The minimum absolute atomic E-state index is 0.116. The molecule has 0 fully saturated rings. The van der Waals surface area contributed by atoms with Crippen molar-refractivity contribution in [2.75, 3.05) is 36.4 Å². The number of nitrogens with one attached hydrogen (secondary N) is 2. The lowest BCUT2D eigenvalue weighted by molar-refractivity contribution is -0.112. The zero-order valence-electron chi connectivity index (χ0n) is 21.7. The van der Waals surface area contributed by atoms with E-state index in [4.69, 9.17) is 29.8 Å². The molecular formula is C29H31N3O7. The standard InChI is InChI=1S/C29H31N3O7/c1-29(2,13-12-26(34)32-23-9-4-3-8-22(23)30)27(19-6-5-7-21(16-19)36-15-14-33)39-28(35)31-20-10-11-24-25(17-20)38-18-37-24/h3-13,16-17,27,33H,14-15,18,30H2,1-2H3,(H,31,35)(H,32,34)/b13-12+/t27-/m1/s1. The van der Waals surface area contributed by atoms with E-state index >= 15 is 0 Å². The van der Waals surface area contributed by atoms with E-state index in [0.717, 1.165) is 0 Å². The van der Waals surface area contributed by atoms with Gasteiger partial charge in [-0.3, -0.25) is 10.1 Å². The number of carbonyl (C=O) groups is 2. The SMILES string of the molecule is CC(C)(/C=C/C(=O)Nc1ccccc1N)[C@H](OC(=O)Nc1ccc2c(c1)OCO2)c1cccc(OCCO)c1. The average molecular weight is 534 g/mol. The second-order valence-corrected chi connectivity index (χ2v) is 9.35. The topological polar surface area (TPSA) is 141 Å². The van der Waals surface area contributed by atoms with E-state index in [2.05, 4.69) is 10.6 Å². The highest BCUT2D eigenvalue weighted by atomic mass is 16.7. The van der Waals surface area contributed by atoms with Crippen LogP contribution in [0.2, 0.25) is 0 Å². The van der Waals surface area contributed by atoms with Crippen LogP contribution in [0.3, 0.4) is 0 Å². The number of carbonyl (C=O) groups excluding carboxylic acids is 2. The zero-order valence-corrected chi connectivity index (χ0v) is 21.7. The molecule has 1 aliphatic heterocycles. The van der Waals surface area contributed by atoms with Gasteiger partial charge in [0.15, 0.2) is 11.5 Å². The second-order valence-electron chi connectivity index (χ2n) is 9.35. The Morgan fingerprint density at radius 2 is 1.85 bits per heavy atom. The highest BCUT2D eigenvalue weighted by Gasteiger charge is 2.33. The minimum atomic E-state index is -0.846. The lowest BCUT2D eigenvalue weighted by Gasteiger charge is -2.32. The Hall–Kier alpha value is -4.70. The van der Waals surface area contributed by atoms with Crippen molar-refractivity contribution in [3.8, 4) is 17.2 Å². The molecule has 0 unspecified atom stereocenters. The third kappa shape index (κ3) is 7.20. The molecule has 0 bridgehead atoms. The molecule has 1 aliphatic rings. The number of aliphatic hydroxyl groups is 1. The number of ether oxygens (including phenoxy) is 4. The molecular weight excluding hydrogens is 502 g/mol. The number of anilines is 3. The average Bonchev–Trinajstić information content (AvgIpc) is 3.39. The first-order chi connectivity index (χ1) is 18.7. The number of nitrogen functional groups attached to an aromatic ring is 1. The first-order valence-electron chi connectivity index (χ1n) is 12.3. The van der Waals surface area contributed by atoms with E-state index in [1.165, 1.54) is 6.08 Å². The first-order valence-corrected chi connectivity index (χ1v) is 12.3. The molecule has 4 rings (SSSR count). The van der Waals surface area contributed by atoms with Crippen LogP contribution >= 0.6 is 0 Å². The summed E-state index contributed by atoms with van der Waals surface area (Å²) < 4.78 is 22.2. The quantitative estimate of drug-likeness (QED) is 0.213. The molecule has 204 valence electrons. The smallest absolute Gasteiger partial charge is 0.412 e. The molecule has 39 heavy (non-hydrogen) atoms. The largest absolute Gasteiger partial charge is 0.491 e. The van der Waals surface area contributed by atoms with E-state index in [-0.39, 0.29) is 25.9 Å². The van der Waals surface area contributed by atoms with Gasteiger partial charge in [0.25, 0.3) is 0 Å². The summed E-state index contributed by atoms with van der Waals surface area (Å²) in [5, 5.41) is 14.6. The number of fused-ring (bicyclic) bond motifs is 1. The summed E-state index contributed by atoms with van der Waals surface area (Å²) in [7, 11) is 0. The van der Waals surface area contributed by atoms with Gasteiger partial charge in [-0.1, -0.05) is 44.2 Å². The molecule has 0 saturated carbocycles. The molecule has 1 heterocycles. The van der Waals surface area contributed by atoms with Crippen LogP contribution in [-0.4, -0.2) is 37.1 Å². The summed E-state index contributed by atoms with van der Waals surface area (Å²) >= 11 is 0. The van der Waals surface area contributed by atoms with Gasteiger partial charge in [-0.15, -0.1) is 0 Å². The van der Waals surface area contributed by atoms with Crippen LogP contribution in [0, 0.1) is 5.41 Å². The fourth-order valence-corrected chi connectivity index (χ4v) is 3.97. The molecule has 3 aromatic carbocycles. The molecule has 0 aromatic heterocycles. The summed E-state index contributed by atoms with van der Waals surface area (Å²) in [5.74, 6) is 1.23. The van der Waals surface area contributed by atoms with E-state index < -0.39 is 17.6 Å². The van der Waals surface area contributed by atoms with Gasteiger partial charge in [0, 0.05) is 17.2 Å². The Labute approximate surface area is 226 Å². The Bertz CT molecular complexity index is 1360. The summed E-state index contributed by atoms with van der Waals surface area (Å²) in [5.41, 5.74) is 7.12. The van der Waals surface area contributed by atoms with Crippen LogP contribution in [0.15, 0.2) is 78.9 Å². The third-order valence-electron chi connectivity index (χ3n) is 5.92. The summed E-state index contributed by atoms with van der Waals surface area (Å²) in [4.78, 5) is 25.7. The molecule has 0 aliphatic carbocycles. The molecule has 10 heteroatoms. The summed E-state index contributed by atoms with van der Waals surface area (Å²) in [6.07, 6.45) is 1.52. The molecule has 3 aromatic rings. The van der Waals surface area contributed by atoms with Gasteiger partial charge in [0.1, 0.15) is 18.5 Å². The Morgan fingerprint density at radius 3 is 2.64 bits per heavy atom. The van der Waals surface area contributed by atoms with Crippen LogP contribution in [0.1, 0.15) is 25.5 Å². The number of aliphatic hydroxyl groups excluding tert-OH is 1. The number of hydrogen-bond acceptors (Lipinski definition) is 8. The van der Waals surface area contributed by atoms with Crippen molar-refractivity contribution in [2.45, 2.75) is 20.0 Å². The third-order valence-corrected chi connectivity index (χ3v) is 5.92. The Morgan fingerprint density at radius 1 is 1.05 bits per heavy atom. The Balaban J connectivity index is 1.55. The highest BCUT2D eigenvalue weighted by Crippen LogP contribution is 2.40. The fourth-order valence-electron chi connectivity index (χ4n) is 3.97. The Kier molecular flexibility index (Phi) is 8.57. The molecule has 0 saturated heterocycles. The summed E-state index contributed by atoms with van der Waals surface area (Å²) in [6, 6.07) is 19.0. The first kappa shape index (κ1) is 27.3. The zero-order chi connectivity index (χ0) is 27.8. The molecule has 0 spiro atoms. The molecule has 0 radical (unpaired) electrons. The van der Waals surface area contributed by atoms with Gasteiger partial charge in [0.2, 0.25) is 12.7 Å². The van der Waals surface area contributed by atoms with Crippen LogP contribution in [-0.2, 0) is 9.53 Å². The van der Waals surface area contributed by atoms with Crippen molar-refractivity contribution in [1.29, 1.82) is 0 Å². The maximum absolute atomic E-state index is 13.0. The van der Waals surface area contributed by atoms with Gasteiger partial charge in [-0.2, -0.15) is 0 Å². The van der Waals surface area contributed by atoms with E-state index in [9.17, 15) is 9.59 Å². The van der Waals surface area contributed by atoms with Crippen molar-refractivity contribution in [2.24, 2.45) is 5.41 Å². The van der Waals surface area contributed by atoms with Gasteiger partial charge in [0.05, 0.1) is 18.0 Å². The monoisotopic (exact) mass is 533 g/mol. The van der Waals surface area contributed by atoms with E-state index in [1.54, 1.807) is 72.8 Å². The van der Waals surface area contributed by atoms with Crippen molar-refractivity contribution >= 4 is 29.1 Å². The summed E-state index contributed by atoms with van der Waals surface area (Å²) in [6.45, 7) is 3.77. The fraction of sp³-hybridized carbons (Fsp3) is 0.241. The number of nitrogens with two attached hydrogens (primary N) is 1. The van der Waals surface area contributed by atoms with E-state index in [0.29, 0.717) is 39.9 Å². The van der Waals surface area contributed by atoms with Gasteiger partial charge < -0.3 is 35.1 Å². The maximum atomic E-state index is 13.0. The van der Waals surface area contributed by atoms with Crippen LogP contribution < -0.4 is 30.6 Å². The molecule has 1 atom stereocenters. The van der Waals surface area contributed by atoms with Crippen LogP contribution in [0.5, 0.6) is 17.2 Å². The number of amides is 2. The van der Waals surface area contributed by atoms with Crippen molar-refractivity contribution in [3.05, 3.63) is 84.4 Å². The molecule has 10 nitrogen and oxygen atoms in total. The predicted octanol–water partition coefficient (Wildman–Crippen LogP) is 4.88. The normalized spacial score (nSPS) is 13.1. The highest BCUT2D eigenvalue weighted by molar-refractivity contribution is 6.01. The minimum Gasteiger partial charge on any atom is -0.491 e. The predicted molar refractivity (Wildman–Crippen MR) is 147 cm³/mol. The van der Waals surface area contributed by atoms with Crippen LogP contribution in [0.25, 0.3) is 0 Å². The van der Waals surface area contributed by atoms with Gasteiger partial charge in [-0.05, 0) is 48.0 Å².